The van der Waals surface area contributed by atoms with E-state index >= 15 is 0 Å². The summed E-state index contributed by atoms with van der Waals surface area (Å²) >= 11 is 0. The van der Waals surface area contributed by atoms with E-state index in [2.05, 4.69) is 10.2 Å². The molecule has 3 aromatic carbocycles. The summed E-state index contributed by atoms with van der Waals surface area (Å²) in [7, 11) is 4.56. The summed E-state index contributed by atoms with van der Waals surface area (Å²) in [6.45, 7) is 3.45. The van der Waals surface area contributed by atoms with Crippen LogP contribution in [-0.2, 0) is 4.74 Å². The Morgan fingerprint density at radius 3 is 2.10 bits per heavy atom. The van der Waals surface area contributed by atoms with Gasteiger partial charge in [-0.25, -0.2) is 13.6 Å². The van der Waals surface area contributed by atoms with Gasteiger partial charge in [0.15, 0.2) is 23.1 Å². The normalized spacial score (nSPS) is 14.5. The molecule has 0 unspecified atom stereocenters. The predicted molar refractivity (Wildman–Crippen MR) is 144 cm³/mol. The lowest BCUT2D eigenvalue weighted by molar-refractivity contribution is 0.0496. The Hall–Kier alpha value is -3.89. The fourth-order valence-electron chi connectivity index (χ4n) is 4.52. The van der Waals surface area contributed by atoms with E-state index in [1.165, 1.54) is 27.4 Å². The van der Waals surface area contributed by atoms with Crippen LogP contribution >= 0.6 is 0 Å². The topological polar surface area (TPSA) is 72.5 Å². The number of nitrogens with one attached hydrogen (secondary N) is 1. The third-order valence-corrected chi connectivity index (χ3v) is 6.62. The van der Waals surface area contributed by atoms with Gasteiger partial charge >= 0.3 is 6.03 Å². The summed E-state index contributed by atoms with van der Waals surface area (Å²) in [6, 6.07) is 16.4. The number of anilines is 1. The molecule has 0 bridgehead atoms. The van der Waals surface area contributed by atoms with Crippen molar-refractivity contribution in [3.8, 4) is 17.2 Å². The summed E-state index contributed by atoms with van der Waals surface area (Å²) in [5.74, 6) is -0.438. The van der Waals surface area contributed by atoms with Gasteiger partial charge in [0.25, 0.3) is 0 Å². The highest BCUT2D eigenvalue weighted by atomic mass is 19.2. The standard InChI is InChI=1S/C29H33F2N3O5/c1-36-25-18-22(19-26(37-2)28(25)38-3)32-29(35)34-13-11-33(12-14-34)15-16-39-27(20-7-5-4-6-8-20)21-9-10-23(30)24(31)17-21/h4-10,17-19,27H,11-16H2,1-3H3,(H,32,35)/t27-/m0/s1. The number of carbonyl (C=O) groups is 1. The molecule has 1 N–H and O–H groups in total. The van der Waals surface area contributed by atoms with Crippen molar-refractivity contribution in [3.05, 3.63) is 83.4 Å². The van der Waals surface area contributed by atoms with E-state index < -0.39 is 17.7 Å². The molecule has 10 heteroatoms. The molecular weight excluding hydrogens is 508 g/mol. The van der Waals surface area contributed by atoms with Gasteiger partial charge < -0.3 is 29.2 Å². The zero-order chi connectivity index (χ0) is 27.8. The third-order valence-electron chi connectivity index (χ3n) is 6.62. The number of nitrogens with zero attached hydrogens (tertiary/aromatic N) is 2. The fourth-order valence-corrected chi connectivity index (χ4v) is 4.52. The molecule has 0 radical (unpaired) electrons. The quantitative estimate of drug-likeness (QED) is 0.392. The van der Waals surface area contributed by atoms with Crippen molar-refractivity contribution in [2.45, 2.75) is 6.10 Å². The first-order valence-corrected chi connectivity index (χ1v) is 12.6. The Kier molecular flexibility index (Phi) is 9.56. The molecule has 1 aliphatic rings. The Bertz CT molecular complexity index is 1230. The number of carbonyl (C=O) groups excluding carboxylic acids is 1. The van der Waals surface area contributed by atoms with Crippen LogP contribution < -0.4 is 19.5 Å². The lowest BCUT2D eigenvalue weighted by Gasteiger charge is -2.35. The third kappa shape index (κ3) is 6.96. The SMILES string of the molecule is COc1cc(NC(=O)N2CCN(CCO[C@@H](c3ccccc3)c3ccc(F)c(F)c3)CC2)cc(OC)c1OC. The second kappa shape index (κ2) is 13.3. The van der Waals surface area contributed by atoms with Gasteiger partial charge in [-0.2, -0.15) is 0 Å². The van der Waals surface area contributed by atoms with Crippen molar-refractivity contribution in [1.82, 2.24) is 9.80 Å². The number of piperazine rings is 1. The molecule has 208 valence electrons. The number of urea groups is 1. The molecule has 3 aromatic rings. The molecule has 1 saturated heterocycles. The van der Waals surface area contributed by atoms with Gasteiger partial charge in [-0.05, 0) is 23.3 Å². The van der Waals surface area contributed by atoms with Crippen LogP contribution in [-0.4, -0.2) is 76.5 Å². The number of ether oxygens (including phenoxy) is 4. The molecule has 0 spiro atoms. The molecule has 8 nitrogen and oxygen atoms in total. The first-order chi connectivity index (χ1) is 18.9. The average molecular weight is 542 g/mol. The lowest BCUT2D eigenvalue weighted by atomic mass is 10.0. The van der Waals surface area contributed by atoms with Crippen LogP contribution in [0.2, 0.25) is 0 Å². The van der Waals surface area contributed by atoms with Crippen LogP contribution in [0.4, 0.5) is 19.3 Å². The number of benzene rings is 3. The van der Waals surface area contributed by atoms with Crippen LogP contribution in [0, 0.1) is 11.6 Å². The summed E-state index contributed by atoms with van der Waals surface area (Å²) in [4.78, 5) is 16.8. The smallest absolute Gasteiger partial charge is 0.321 e. The van der Waals surface area contributed by atoms with Gasteiger partial charge in [-0.15, -0.1) is 0 Å². The second-order valence-electron chi connectivity index (χ2n) is 9.01. The van der Waals surface area contributed by atoms with Crippen molar-refractivity contribution >= 4 is 11.7 Å². The molecule has 1 atom stereocenters. The number of hydrogen-bond acceptors (Lipinski definition) is 6. The second-order valence-corrected chi connectivity index (χ2v) is 9.01. The molecular formula is C29H33F2N3O5. The van der Waals surface area contributed by atoms with Gasteiger partial charge in [-0.1, -0.05) is 36.4 Å². The van der Waals surface area contributed by atoms with Crippen molar-refractivity contribution in [2.24, 2.45) is 0 Å². The van der Waals surface area contributed by atoms with Crippen LogP contribution in [0.25, 0.3) is 0 Å². The highest BCUT2D eigenvalue weighted by Crippen LogP contribution is 2.40. The van der Waals surface area contributed by atoms with Crippen LogP contribution in [0.3, 0.4) is 0 Å². The predicted octanol–water partition coefficient (Wildman–Crippen LogP) is 4.95. The minimum atomic E-state index is -0.905. The zero-order valence-corrected chi connectivity index (χ0v) is 22.3. The van der Waals surface area contributed by atoms with E-state index in [0.717, 1.165) is 11.6 Å². The van der Waals surface area contributed by atoms with Crippen LogP contribution in [0.15, 0.2) is 60.7 Å². The largest absolute Gasteiger partial charge is 0.493 e. The average Bonchev–Trinajstić information content (AvgIpc) is 2.97. The minimum Gasteiger partial charge on any atom is -0.493 e. The van der Waals surface area contributed by atoms with Crippen LogP contribution in [0.1, 0.15) is 17.2 Å². The van der Waals surface area contributed by atoms with E-state index in [4.69, 9.17) is 18.9 Å². The molecule has 1 fully saturated rings. The van der Waals surface area contributed by atoms with Crippen molar-refractivity contribution in [1.29, 1.82) is 0 Å². The van der Waals surface area contributed by atoms with E-state index in [-0.39, 0.29) is 6.03 Å². The lowest BCUT2D eigenvalue weighted by Crippen LogP contribution is -2.50. The Balaban J connectivity index is 1.30. The van der Waals surface area contributed by atoms with Gasteiger partial charge in [0.05, 0.1) is 33.6 Å². The molecule has 2 amide bonds. The first kappa shape index (κ1) is 28.1. The number of amides is 2. The van der Waals surface area contributed by atoms with Crippen LogP contribution in [0.5, 0.6) is 17.2 Å². The Morgan fingerprint density at radius 2 is 1.51 bits per heavy atom. The highest BCUT2D eigenvalue weighted by molar-refractivity contribution is 5.90. The van der Waals surface area contributed by atoms with Gasteiger partial charge in [0.2, 0.25) is 5.75 Å². The monoisotopic (exact) mass is 541 g/mol. The highest BCUT2D eigenvalue weighted by Gasteiger charge is 2.23. The molecule has 0 aliphatic carbocycles. The summed E-state index contributed by atoms with van der Waals surface area (Å²) in [5.41, 5.74) is 1.94. The Labute approximate surface area is 227 Å². The van der Waals surface area contributed by atoms with Crippen molar-refractivity contribution < 1.29 is 32.5 Å². The molecule has 0 aromatic heterocycles. The van der Waals surface area contributed by atoms with Gasteiger partial charge in [0.1, 0.15) is 6.10 Å². The minimum absolute atomic E-state index is 0.220. The van der Waals surface area contributed by atoms with Gasteiger partial charge in [0, 0.05) is 44.9 Å². The maximum Gasteiger partial charge on any atom is 0.321 e. The first-order valence-electron chi connectivity index (χ1n) is 12.6. The number of halogens is 2. The van der Waals surface area contributed by atoms with E-state index in [1.807, 2.05) is 30.3 Å². The molecule has 1 heterocycles. The summed E-state index contributed by atoms with van der Waals surface area (Å²) in [5, 5.41) is 2.90. The van der Waals surface area contributed by atoms with Crippen molar-refractivity contribution in [3.63, 3.8) is 0 Å². The van der Waals surface area contributed by atoms with Gasteiger partial charge in [-0.3, -0.25) is 4.90 Å². The zero-order valence-electron chi connectivity index (χ0n) is 22.3. The molecule has 1 aliphatic heterocycles. The summed E-state index contributed by atoms with van der Waals surface area (Å²) < 4.78 is 49.6. The number of methoxy groups -OCH3 is 3. The van der Waals surface area contributed by atoms with E-state index in [9.17, 15) is 13.6 Å². The number of hydrogen-bond donors (Lipinski definition) is 1. The maximum atomic E-state index is 13.9. The molecule has 0 saturated carbocycles. The van der Waals surface area contributed by atoms with E-state index in [1.54, 1.807) is 23.1 Å². The van der Waals surface area contributed by atoms with Crippen molar-refractivity contribution in [2.75, 3.05) is 66.0 Å². The Morgan fingerprint density at radius 1 is 0.846 bits per heavy atom. The number of rotatable bonds is 10. The molecule has 4 rings (SSSR count). The summed E-state index contributed by atoms with van der Waals surface area (Å²) in [6.07, 6.45) is -0.521. The van der Waals surface area contributed by atoms with E-state index in [0.29, 0.717) is 67.8 Å². The maximum absolute atomic E-state index is 13.9. The fraction of sp³-hybridized carbons (Fsp3) is 0.345. The molecule has 39 heavy (non-hydrogen) atoms.